The molecule has 0 amide bonds. The lowest BCUT2D eigenvalue weighted by Gasteiger charge is -1.98. The fourth-order valence-electron chi connectivity index (χ4n) is 1.24. The maximum absolute atomic E-state index is 2.27. The summed E-state index contributed by atoms with van der Waals surface area (Å²) in [5, 5.41) is 0. The van der Waals surface area contributed by atoms with Crippen molar-refractivity contribution >= 4 is 11.8 Å². The maximum atomic E-state index is 2.27. The van der Waals surface area contributed by atoms with Crippen molar-refractivity contribution in [1.29, 1.82) is 0 Å². The number of thioether (sulfide) groups is 1. The van der Waals surface area contributed by atoms with E-state index in [0.29, 0.717) is 0 Å². The molecule has 52 valence electrons. The Kier molecular flexibility index (Phi) is 2.65. The third-order valence-electron chi connectivity index (χ3n) is 1.75. The molecule has 0 heterocycles. The highest BCUT2D eigenvalue weighted by atomic mass is 32.2. The van der Waals surface area contributed by atoms with Crippen LogP contribution in [0.25, 0.3) is 0 Å². The molecule has 0 N–H and O–H groups in total. The van der Waals surface area contributed by atoms with Crippen LogP contribution in [0.3, 0.4) is 0 Å². The van der Waals surface area contributed by atoms with E-state index in [2.05, 4.69) is 13.8 Å². The van der Waals surface area contributed by atoms with Gasteiger partial charge in [-0.1, -0.05) is 12.5 Å². The van der Waals surface area contributed by atoms with Crippen molar-refractivity contribution in [3.8, 4) is 0 Å². The molecule has 0 aromatic carbocycles. The Morgan fingerprint density at radius 3 is 2.67 bits per heavy atom. The van der Waals surface area contributed by atoms with Crippen LogP contribution in [0.15, 0.2) is 10.5 Å². The van der Waals surface area contributed by atoms with Gasteiger partial charge in [0.15, 0.2) is 0 Å². The molecule has 0 aliphatic heterocycles. The minimum Gasteiger partial charge on any atom is -0.131 e. The predicted octanol–water partition coefficient (Wildman–Crippen LogP) is 3.20. The molecule has 0 unspecified atom stereocenters. The fraction of sp³-hybridized carbons (Fsp3) is 0.750. The van der Waals surface area contributed by atoms with Gasteiger partial charge in [0, 0.05) is 0 Å². The van der Waals surface area contributed by atoms with Gasteiger partial charge in [0.1, 0.15) is 0 Å². The van der Waals surface area contributed by atoms with E-state index in [1.807, 2.05) is 11.8 Å². The Morgan fingerprint density at radius 2 is 2.22 bits per heavy atom. The molecule has 1 aliphatic carbocycles. The average molecular weight is 142 g/mol. The third-order valence-corrected chi connectivity index (χ3v) is 2.94. The smallest absolute Gasteiger partial charge is 0.00517 e. The van der Waals surface area contributed by atoms with Crippen molar-refractivity contribution in [1.82, 2.24) is 0 Å². The summed E-state index contributed by atoms with van der Waals surface area (Å²) in [4.78, 5) is 1.66. The van der Waals surface area contributed by atoms with Crippen LogP contribution in [0.1, 0.15) is 33.1 Å². The van der Waals surface area contributed by atoms with Gasteiger partial charge < -0.3 is 0 Å². The van der Waals surface area contributed by atoms with Crippen LogP contribution in [0.4, 0.5) is 0 Å². The van der Waals surface area contributed by atoms with Crippen LogP contribution < -0.4 is 0 Å². The van der Waals surface area contributed by atoms with E-state index in [9.17, 15) is 0 Å². The number of hydrogen-bond donors (Lipinski definition) is 0. The molecular weight excluding hydrogens is 128 g/mol. The highest BCUT2D eigenvalue weighted by Gasteiger charge is 2.08. The molecule has 0 saturated carbocycles. The van der Waals surface area contributed by atoms with Crippen LogP contribution in [-0.4, -0.2) is 5.75 Å². The van der Waals surface area contributed by atoms with E-state index in [4.69, 9.17) is 0 Å². The van der Waals surface area contributed by atoms with E-state index >= 15 is 0 Å². The molecule has 1 rings (SSSR count). The third kappa shape index (κ3) is 1.75. The van der Waals surface area contributed by atoms with Gasteiger partial charge in [0.25, 0.3) is 0 Å². The number of hydrogen-bond acceptors (Lipinski definition) is 1. The van der Waals surface area contributed by atoms with Crippen LogP contribution >= 0.6 is 11.8 Å². The second-order valence-corrected chi connectivity index (χ2v) is 3.85. The highest BCUT2D eigenvalue weighted by Crippen LogP contribution is 2.33. The lowest BCUT2D eigenvalue weighted by molar-refractivity contribution is 0.904. The van der Waals surface area contributed by atoms with Gasteiger partial charge >= 0.3 is 0 Å². The van der Waals surface area contributed by atoms with E-state index in [1.54, 1.807) is 10.5 Å². The second-order valence-electron chi connectivity index (χ2n) is 2.49. The number of allylic oxidation sites excluding steroid dienone is 2. The van der Waals surface area contributed by atoms with Crippen LogP contribution in [0.5, 0.6) is 0 Å². The molecule has 1 aliphatic rings. The van der Waals surface area contributed by atoms with E-state index in [0.717, 1.165) is 0 Å². The van der Waals surface area contributed by atoms with Crippen molar-refractivity contribution in [3.63, 3.8) is 0 Å². The molecule has 0 radical (unpaired) electrons. The van der Waals surface area contributed by atoms with Gasteiger partial charge in [-0.3, -0.25) is 0 Å². The van der Waals surface area contributed by atoms with Crippen molar-refractivity contribution in [2.24, 2.45) is 0 Å². The van der Waals surface area contributed by atoms with Crippen molar-refractivity contribution in [2.75, 3.05) is 5.75 Å². The van der Waals surface area contributed by atoms with Gasteiger partial charge in [-0.15, -0.1) is 11.8 Å². The Hall–Kier alpha value is 0.0900. The van der Waals surface area contributed by atoms with Crippen LogP contribution in [0.2, 0.25) is 0 Å². The summed E-state index contributed by atoms with van der Waals surface area (Å²) in [6.45, 7) is 4.49. The summed E-state index contributed by atoms with van der Waals surface area (Å²) in [6.07, 6.45) is 4.10. The summed E-state index contributed by atoms with van der Waals surface area (Å²) >= 11 is 2.03. The summed E-state index contributed by atoms with van der Waals surface area (Å²) in [7, 11) is 0. The molecule has 0 bridgehead atoms. The quantitative estimate of drug-likeness (QED) is 0.570. The molecular formula is C8H14S. The van der Waals surface area contributed by atoms with Gasteiger partial charge in [-0.2, -0.15) is 0 Å². The Morgan fingerprint density at radius 1 is 1.44 bits per heavy atom. The molecule has 0 aromatic rings. The first-order valence-electron chi connectivity index (χ1n) is 3.66. The summed E-state index contributed by atoms with van der Waals surface area (Å²) in [6, 6.07) is 0. The zero-order chi connectivity index (χ0) is 6.69. The lowest BCUT2D eigenvalue weighted by Crippen LogP contribution is -1.73. The minimum absolute atomic E-state index is 1.24. The molecule has 0 aromatic heterocycles. The minimum atomic E-state index is 1.24. The molecule has 1 heteroatoms. The van der Waals surface area contributed by atoms with Gasteiger partial charge in [0.05, 0.1) is 0 Å². The normalized spacial score (nSPS) is 19.3. The summed E-state index contributed by atoms with van der Waals surface area (Å²) < 4.78 is 0. The first-order valence-corrected chi connectivity index (χ1v) is 4.64. The Labute approximate surface area is 61.7 Å². The summed E-state index contributed by atoms with van der Waals surface area (Å²) in [5.74, 6) is 1.24. The highest BCUT2D eigenvalue weighted by molar-refractivity contribution is 8.03. The largest absolute Gasteiger partial charge is 0.131 e. The van der Waals surface area contributed by atoms with E-state index in [1.165, 1.54) is 25.0 Å². The first-order chi connectivity index (χ1) is 4.34. The summed E-state index contributed by atoms with van der Waals surface area (Å²) in [5.41, 5.74) is 1.64. The molecule has 0 atom stereocenters. The number of rotatable bonds is 2. The molecule has 0 nitrogen and oxygen atoms in total. The molecule has 0 fully saturated rings. The van der Waals surface area contributed by atoms with E-state index < -0.39 is 0 Å². The Balaban J connectivity index is 2.45. The van der Waals surface area contributed by atoms with Gasteiger partial charge in [-0.25, -0.2) is 0 Å². The molecule has 0 spiro atoms. The topological polar surface area (TPSA) is 0 Å². The molecule has 0 saturated heterocycles. The predicted molar refractivity (Wildman–Crippen MR) is 44.7 cm³/mol. The standard InChI is InChI=1S/C8H14S/c1-3-9-8-6-4-5-7(8)2/h3-6H2,1-2H3. The average Bonchev–Trinajstić information content (AvgIpc) is 2.18. The fourth-order valence-corrected chi connectivity index (χ4v) is 2.22. The molecule has 9 heavy (non-hydrogen) atoms. The van der Waals surface area contributed by atoms with Crippen LogP contribution in [-0.2, 0) is 0 Å². The second kappa shape index (κ2) is 3.31. The van der Waals surface area contributed by atoms with Crippen molar-refractivity contribution < 1.29 is 0 Å². The van der Waals surface area contributed by atoms with Gasteiger partial charge in [-0.05, 0) is 36.8 Å². The lowest BCUT2D eigenvalue weighted by atomic mass is 10.3. The van der Waals surface area contributed by atoms with Gasteiger partial charge in [0.2, 0.25) is 0 Å². The van der Waals surface area contributed by atoms with Crippen molar-refractivity contribution in [3.05, 3.63) is 10.5 Å². The van der Waals surface area contributed by atoms with Crippen molar-refractivity contribution in [2.45, 2.75) is 33.1 Å². The zero-order valence-corrected chi connectivity index (χ0v) is 7.05. The SMILES string of the molecule is CCSC1=C(C)CCC1. The Bertz CT molecular complexity index is 125. The monoisotopic (exact) mass is 142 g/mol. The maximum Gasteiger partial charge on any atom is -0.00517 e. The first kappa shape index (κ1) is 7.20. The van der Waals surface area contributed by atoms with E-state index in [-0.39, 0.29) is 0 Å². The zero-order valence-electron chi connectivity index (χ0n) is 6.24. The van der Waals surface area contributed by atoms with Crippen LogP contribution in [0, 0.1) is 0 Å².